The van der Waals surface area contributed by atoms with Gasteiger partial charge in [0.2, 0.25) is 0 Å². The van der Waals surface area contributed by atoms with Crippen LogP contribution in [0, 0.1) is 24.5 Å². The summed E-state index contributed by atoms with van der Waals surface area (Å²) in [4.78, 5) is 23.6. The molecule has 0 aliphatic carbocycles. The van der Waals surface area contributed by atoms with E-state index in [9.17, 15) is 18.4 Å². The Morgan fingerprint density at radius 2 is 1.95 bits per heavy atom. The molecule has 0 aromatic heterocycles. The zero-order valence-electron chi connectivity index (χ0n) is 10.9. The van der Waals surface area contributed by atoms with E-state index in [-0.39, 0.29) is 12.1 Å². The van der Waals surface area contributed by atoms with Crippen LogP contribution in [-0.4, -0.2) is 35.5 Å². The van der Waals surface area contributed by atoms with Gasteiger partial charge in [-0.05, 0) is 18.6 Å². The zero-order chi connectivity index (χ0) is 14.7. The van der Waals surface area contributed by atoms with E-state index in [1.165, 1.54) is 27.0 Å². The third-order valence-electron chi connectivity index (χ3n) is 2.81. The molecule has 1 aromatic rings. The second kappa shape index (κ2) is 5.77. The van der Waals surface area contributed by atoms with Crippen LogP contribution >= 0.6 is 0 Å². The van der Waals surface area contributed by atoms with Crippen LogP contribution in [-0.2, 0) is 4.79 Å². The Kier molecular flexibility index (Phi) is 4.58. The molecule has 1 N–H and O–H groups in total. The molecule has 1 atom stereocenters. The monoisotopic (exact) mass is 271 g/mol. The van der Waals surface area contributed by atoms with Crippen LogP contribution in [0.25, 0.3) is 0 Å². The van der Waals surface area contributed by atoms with Crippen LogP contribution in [0.15, 0.2) is 12.1 Å². The van der Waals surface area contributed by atoms with E-state index < -0.39 is 35.0 Å². The minimum atomic E-state index is -1.08. The van der Waals surface area contributed by atoms with Crippen molar-refractivity contribution in [2.75, 3.05) is 13.6 Å². The summed E-state index contributed by atoms with van der Waals surface area (Å²) in [7, 11) is 1.31. The first-order chi connectivity index (χ1) is 8.75. The summed E-state index contributed by atoms with van der Waals surface area (Å²) in [6.07, 6.45) is 0. The lowest BCUT2D eigenvalue weighted by molar-refractivity contribution is -0.141. The summed E-state index contributed by atoms with van der Waals surface area (Å²) >= 11 is 0. The normalized spacial score (nSPS) is 12.1. The molecule has 0 heterocycles. The first kappa shape index (κ1) is 15.1. The number of nitrogens with zero attached hydrogens (tertiary/aromatic N) is 1. The maximum absolute atomic E-state index is 13.8. The molecule has 0 bridgehead atoms. The van der Waals surface area contributed by atoms with Crippen molar-refractivity contribution in [3.8, 4) is 0 Å². The van der Waals surface area contributed by atoms with Gasteiger partial charge >= 0.3 is 5.97 Å². The van der Waals surface area contributed by atoms with Gasteiger partial charge in [-0.3, -0.25) is 9.59 Å². The maximum atomic E-state index is 13.8. The predicted octanol–water partition coefficient (Wildman–Crippen LogP) is 2.07. The highest BCUT2D eigenvalue weighted by Crippen LogP contribution is 2.18. The van der Waals surface area contributed by atoms with Gasteiger partial charge in [-0.25, -0.2) is 8.78 Å². The third-order valence-corrected chi connectivity index (χ3v) is 2.81. The number of carbonyl (C=O) groups excluding carboxylic acids is 1. The van der Waals surface area contributed by atoms with E-state index in [0.717, 1.165) is 11.0 Å². The van der Waals surface area contributed by atoms with E-state index in [1.54, 1.807) is 0 Å². The van der Waals surface area contributed by atoms with Crippen LogP contribution in [0.4, 0.5) is 8.78 Å². The maximum Gasteiger partial charge on any atom is 0.308 e. The molecular weight excluding hydrogens is 256 g/mol. The molecule has 0 saturated carbocycles. The highest BCUT2D eigenvalue weighted by Gasteiger charge is 2.24. The molecule has 6 heteroatoms. The molecule has 1 unspecified atom stereocenters. The number of hydrogen-bond donors (Lipinski definition) is 1. The predicted molar refractivity (Wildman–Crippen MR) is 64.9 cm³/mol. The second-order valence-corrected chi connectivity index (χ2v) is 4.48. The van der Waals surface area contributed by atoms with Gasteiger partial charge in [0.15, 0.2) is 0 Å². The number of aliphatic carboxylic acids is 1. The highest BCUT2D eigenvalue weighted by atomic mass is 19.1. The second-order valence-electron chi connectivity index (χ2n) is 4.48. The summed E-state index contributed by atoms with van der Waals surface area (Å²) in [6.45, 7) is 2.71. The van der Waals surface area contributed by atoms with Gasteiger partial charge in [-0.1, -0.05) is 13.0 Å². The number of rotatable bonds is 4. The minimum absolute atomic E-state index is 0.124. The highest BCUT2D eigenvalue weighted by molar-refractivity contribution is 5.95. The SMILES string of the molecule is Cc1ccc(F)c(C(=O)N(C)CC(C)C(=O)O)c1F. The minimum Gasteiger partial charge on any atom is -0.481 e. The fraction of sp³-hybridized carbons (Fsp3) is 0.385. The number of halogens is 2. The molecule has 1 rings (SSSR count). The Morgan fingerprint density at radius 3 is 2.47 bits per heavy atom. The van der Waals surface area contributed by atoms with Crippen LogP contribution in [0.1, 0.15) is 22.8 Å². The molecule has 0 radical (unpaired) electrons. The fourth-order valence-electron chi connectivity index (χ4n) is 1.62. The van der Waals surface area contributed by atoms with Crippen LogP contribution in [0.5, 0.6) is 0 Å². The third kappa shape index (κ3) is 3.27. The topological polar surface area (TPSA) is 57.6 Å². The van der Waals surface area contributed by atoms with Crippen LogP contribution in [0.2, 0.25) is 0 Å². The molecule has 0 spiro atoms. The van der Waals surface area contributed by atoms with E-state index >= 15 is 0 Å². The lowest BCUT2D eigenvalue weighted by Gasteiger charge is -2.20. The van der Waals surface area contributed by atoms with Crippen molar-refractivity contribution in [3.05, 3.63) is 34.9 Å². The average molecular weight is 271 g/mol. The van der Waals surface area contributed by atoms with Gasteiger partial charge < -0.3 is 10.0 Å². The van der Waals surface area contributed by atoms with Crippen LogP contribution < -0.4 is 0 Å². The Balaban J connectivity index is 3.01. The largest absolute Gasteiger partial charge is 0.481 e. The van der Waals surface area contributed by atoms with Gasteiger partial charge in [0.25, 0.3) is 5.91 Å². The number of benzene rings is 1. The Hall–Kier alpha value is -1.98. The number of aryl methyl sites for hydroxylation is 1. The molecule has 0 fully saturated rings. The first-order valence-electron chi connectivity index (χ1n) is 5.68. The smallest absolute Gasteiger partial charge is 0.308 e. The molecule has 0 aliphatic heterocycles. The van der Waals surface area contributed by atoms with Crippen molar-refractivity contribution in [1.29, 1.82) is 0 Å². The van der Waals surface area contributed by atoms with E-state index in [2.05, 4.69) is 0 Å². The van der Waals surface area contributed by atoms with Gasteiger partial charge in [0.1, 0.15) is 17.2 Å². The molecule has 0 saturated heterocycles. The van der Waals surface area contributed by atoms with Gasteiger partial charge in [0, 0.05) is 13.6 Å². The van der Waals surface area contributed by atoms with Crippen molar-refractivity contribution < 1.29 is 23.5 Å². The summed E-state index contributed by atoms with van der Waals surface area (Å²) < 4.78 is 27.3. The summed E-state index contributed by atoms with van der Waals surface area (Å²) in [5, 5.41) is 8.75. The molecule has 1 aromatic carbocycles. The lowest BCUT2D eigenvalue weighted by atomic mass is 10.1. The summed E-state index contributed by atoms with van der Waals surface area (Å²) in [5.41, 5.74) is -0.496. The molecule has 1 amide bonds. The molecular formula is C13H15F2NO3. The van der Waals surface area contributed by atoms with Crippen molar-refractivity contribution in [2.24, 2.45) is 5.92 Å². The van der Waals surface area contributed by atoms with Gasteiger partial charge in [-0.2, -0.15) is 0 Å². The number of carboxylic acids is 1. The number of amides is 1. The fourth-order valence-corrected chi connectivity index (χ4v) is 1.62. The van der Waals surface area contributed by atoms with Crippen molar-refractivity contribution in [2.45, 2.75) is 13.8 Å². The Morgan fingerprint density at radius 1 is 1.37 bits per heavy atom. The average Bonchev–Trinajstić information content (AvgIpc) is 2.33. The lowest BCUT2D eigenvalue weighted by Crippen LogP contribution is -2.34. The Labute approximate surface area is 109 Å². The quantitative estimate of drug-likeness (QED) is 0.912. The molecule has 4 nitrogen and oxygen atoms in total. The zero-order valence-corrected chi connectivity index (χ0v) is 10.9. The molecule has 0 aliphatic rings. The molecule has 19 heavy (non-hydrogen) atoms. The van der Waals surface area contributed by atoms with E-state index in [4.69, 9.17) is 5.11 Å². The van der Waals surface area contributed by atoms with Crippen molar-refractivity contribution in [1.82, 2.24) is 4.90 Å². The van der Waals surface area contributed by atoms with Crippen molar-refractivity contribution >= 4 is 11.9 Å². The summed E-state index contributed by atoms with van der Waals surface area (Å²) in [5.74, 6) is -4.63. The van der Waals surface area contributed by atoms with Crippen molar-refractivity contribution in [3.63, 3.8) is 0 Å². The number of carbonyl (C=O) groups is 2. The van der Waals surface area contributed by atoms with E-state index in [1.807, 2.05) is 0 Å². The Bertz CT molecular complexity index is 517. The van der Waals surface area contributed by atoms with Gasteiger partial charge in [0.05, 0.1) is 5.92 Å². The standard InChI is InChI=1S/C13H15F2NO3/c1-7-4-5-9(14)10(11(7)15)12(17)16(3)6-8(2)13(18)19/h4-5,8H,6H2,1-3H3,(H,18,19). The number of hydrogen-bond acceptors (Lipinski definition) is 2. The van der Waals surface area contributed by atoms with E-state index in [0.29, 0.717) is 0 Å². The first-order valence-corrected chi connectivity index (χ1v) is 5.68. The molecule has 104 valence electrons. The number of carboxylic acid groups (broad SMARTS) is 1. The summed E-state index contributed by atoms with van der Waals surface area (Å²) in [6, 6.07) is 2.25. The van der Waals surface area contributed by atoms with Crippen LogP contribution in [0.3, 0.4) is 0 Å². The van der Waals surface area contributed by atoms with Gasteiger partial charge in [-0.15, -0.1) is 0 Å².